The van der Waals surface area contributed by atoms with Gasteiger partial charge in [-0.05, 0) is 55.9 Å². The fourth-order valence-electron chi connectivity index (χ4n) is 2.81. The van der Waals surface area contributed by atoms with Crippen LogP contribution >= 0.6 is 12.2 Å². The van der Waals surface area contributed by atoms with Crippen molar-refractivity contribution in [2.45, 2.75) is 25.2 Å². The molecular weight excluding hydrogens is 373 g/mol. The predicted molar refractivity (Wildman–Crippen MR) is 105 cm³/mol. The number of nitrogens with zero attached hydrogens (tertiary/aromatic N) is 1. The zero-order chi connectivity index (χ0) is 18.9. The number of hydrogen-bond donors (Lipinski definition) is 2. The molecule has 3 rings (SSSR count). The van der Waals surface area contributed by atoms with E-state index in [1.807, 2.05) is 32.0 Å². The minimum atomic E-state index is -3.41. The molecule has 8 heteroatoms. The molecule has 0 aliphatic carbocycles. The predicted octanol–water partition coefficient (Wildman–Crippen LogP) is 3.31. The number of anilines is 1. The van der Waals surface area contributed by atoms with Crippen LogP contribution in [0.4, 0.5) is 10.1 Å². The van der Waals surface area contributed by atoms with Crippen LogP contribution in [-0.4, -0.2) is 25.0 Å². The van der Waals surface area contributed by atoms with Crippen molar-refractivity contribution in [1.82, 2.24) is 5.43 Å². The van der Waals surface area contributed by atoms with Crippen LogP contribution in [0.3, 0.4) is 0 Å². The summed E-state index contributed by atoms with van der Waals surface area (Å²) in [6.07, 6.45) is 0.192. The van der Waals surface area contributed by atoms with E-state index in [9.17, 15) is 12.8 Å². The van der Waals surface area contributed by atoms with E-state index in [4.69, 9.17) is 12.2 Å². The van der Waals surface area contributed by atoms with Gasteiger partial charge in [0.05, 0.1) is 16.4 Å². The zero-order valence-corrected chi connectivity index (χ0v) is 16.0. The van der Waals surface area contributed by atoms with E-state index in [1.54, 1.807) is 0 Å². The molecule has 0 spiro atoms. The molecule has 0 amide bonds. The van der Waals surface area contributed by atoms with Gasteiger partial charge in [0.1, 0.15) is 5.82 Å². The van der Waals surface area contributed by atoms with Crippen molar-refractivity contribution >= 4 is 38.6 Å². The lowest BCUT2D eigenvalue weighted by Crippen LogP contribution is -2.28. The Morgan fingerprint density at radius 3 is 2.69 bits per heavy atom. The highest BCUT2D eigenvalue weighted by atomic mass is 32.2. The third-order valence-electron chi connectivity index (χ3n) is 4.12. The van der Waals surface area contributed by atoms with Crippen molar-refractivity contribution in [3.05, 3.63) is 58.9 Å². The number of sulfone groups is 1. The van der Waals surface area contributed by atoms with E-state index in [2.05, 4.69) is 15.8 Å². The Morgan fingerprint density at radius 2 is 1.96 bits per heavy atom. The second-order valence-electron chi connectivity index (χ2n) is 6.15. The van der Waals surface area contributed by atoms with Crippen LogP contribution in [0.15, 0.2) is 46.4 Å². The Kier molecular flexibility index (Phi) is 5.06. The highest BCUT2D eigenvalue weighted by Gasteiger charge is 2.28. The Morgan fingerprint density at radius 1 is 1.19 bits per heavy atom. The van der Waals surface area contributed by atoms with Gasteiger partial charge in [-0.1, -0.05) is 17.7 Å². The molecule has 0 aromatic heterocycles. The van der Waals surface area contributed by atoms with Gasteiger partial charge in [-0.15, -0.1) is 0 Å². The Hall–Kier alpha value is -2.32. The van der Waals surface area contributed by atoms with Gasteiger partial charge in [0.2, 0.25) is 0 Å². The second-order valence-corrected chi connectivity index (χ2v) is 8.64. The normalized spacial score (nSPS) is 16.8. The molecule has 136 valence electrons. The maximum Gasteiger partial charge on any atom is 0.191 e. The molecule has 1 aliphatic heterocycles. The lowest BCUT2D eigenvalue weighted by atomic mass is 10.1. The molecule has 0 bridgehead atoms. The summed E-state index contributed by atoms with van der Waals surface area (Å²) < 4.78 is 37.9. The van der Waals surface area contributed by atoms with Crippen molar-refractivity contribution in [2.75, 3.05) is 11.1 Å². The number of halogens is 1. The van der Waals surface area contributed by atoms with Gasteiger partial charge in [-0.2, -0.15) is 5.10 Å². The molecule has 2 aromatic rings. The van der Waals surface area contributed by atoms with Crippen LogP contribution in [0, 0.1) is 19.7 Å². The summed E-state index contributed by atoms with van der Waals surface area (Å²) in [6, 6.07) is 9.52. The first-order valence-electron chi connectivity index (χ1n) is 8.00. The van der Waals surface area contributed by atoms with E-state index in [1.165, 1.54) is 12.1 Å². The highest BCUT2D eigenvalue weighted by Crippen LogP contribution is 2.26. The molecule has 1 aliphatic rings. The Balaban J connectivity index is 1.80. The second kappa shape index (κ2) is 7.13. The van der Waals surface area contributed by atoms with Crippen molar-refractivity contribution < 1.29 is 12.8 Å². The maximum atomic E-state index is 13.6. The van der Waals surface area contributed by atoms with Gasteiger partial charge in [0, 0.05) is 17.7 Å². The van der Waals surface area contributed by atoms with Gasteiger partial charge in [0.15, 0.2) is 14.9 Å². The van der Waals surface area contributed by atoms with Gasteiger partial charge in [0.25, 0.3) is 0 Å². The van der Waals surface area contributed by atoms with Gasteiger partial charge in [-0.3, -0.25) is 5.43 Å². The van der Waals surface area contributed by atoms with Crippen molar-refractivity contribution in [3.8, 4) is 0 Å². The van der Waals surface area contributed by atoms with Crippen LogP contribution in [0.2, 0.25) is 0 Å². The quantitative estimate of drug-likeness (QED) is 0.467. The minimum Gasteiger partial charge on any atom is -0.331 e. The van der Waals surface area contributed by atoms with Crippen LogP contribution in [-0.2, 0) is 9.84 Å². The highest BCUT2D eigenvalue weighted by molar-refractivity contribution is 7.91. The first kappa shape index (κ1) is 18.5. The Labute approximate surface area is 157 Å². The number of hydrazone groups is 1. The van der Waals surface area contributed by atoms with Crippen LogP contribution < -0.4 is 10.7 Å². The number of benzene rings is 2. The molecule has 2 N–H and O–H groups in total. The van der Waals surface area contributed by atoms with Crippen LogP contribution in [0.5, 0.6) is 0 Å². The third-order valence-corrected chi connectivity index (χ3v) is 6.08. The first-order valence-corrected chi connectivity index (χ1v) is 10.1. The summed E-state index contributed by atoms with van der Waals surface area (Å²) in [7, 11) is -3.41. The summed E-state index contributed by atoms with van der Waals surface area (Å²) >= 11 is 5.24. The molecule has 5 nitrogen and oxygen atoms in total. The number of rotatable bonds is 2. The lowest BCUT2D eigenvalue weighted by molar-refractivity contribution is 0.592. The van der Waals surface area contributed by atoms with Gasteiger partial charge < -0.3 is 5.32 Å². The summed E-state index contributed by atoms with van der Waals surface area (Å²) in [5, 5.41) is 7.53. The SMILES string of the molecule is Cc1ccc(NC(=S)N/N=C2/CCS(=O)(=O)c3ccc(F)cc32)c(C)c1. The van der Waals surface area contributed by atoms with Gasteiger partial charge >= 0.3 is 0 Å². The number of aryl methyl sites for hydroxylation is 2. The molecule has 0 atom stereocenters. The summed E-state index contributed by atoms with van der Waals surface area (Å²) in [5.74, 6) is -0.576. The van der Waals surface area contributed by atoms with Crippen molar-refractivity contribution in [3.63, 3.8) is 0 Å². The minimum absolute atomic E-state index is 0.0661. The van der Waals surface area contributed by atoms with Crippen LogP contribution in [0.25, 0.3) is 0 Å². The zero-order valence-electron chi connectivity index (χ0n) is 14.3. The summed E-state index contributed by atoms with van der Waals surface area (Å²) in [5.41, 5.74) is 6.49. The number of fused-ring (bicyclic) bond motifs is 1. The summed E-state index contributed by atoms with van der Waals surface area (Å²) in [6.45, 7) is 3.97. The topological polar surface area (TPSA) is 70.6 Å². The lowest BCUT2D eigenvalue weighted by Gasteiger charge is -2.18. The molecule has 1 heterocycles. The van der Waals surface area contributed by atoms with E-state index < -0.39 is 15.7 Å². The molecule has 0 saturated carbocycles. The molecule has 2 aromatic carbocycles. The van der Waals surface area contributed by atoms with E-state index in [0.717, 1.165) is 22.9 Å². The average molecular weight is 391 g/mol. The fraction of sp³-hybridized carbons (Fsp3) is 0.222. The smallest absolute Gasteiger partial charge is 0.191 e. The third kappa shape index (κ3) is 3.91. The molecule has 0 unspecified atom stereocenters. The number of nitrogens with one attached hydrogen (secondary N) is 2. The molecule has 0 radical (unpaired) electrons. The van der Waals surface area contributed by atoms with E-state index in [-0.39, 0.29) is 27.7 Å². The largest absolute Gasteiger partial charge is 0.331 e. The molecule has 0 fully saturated rings. The Bertz CT molecular complexity index is 1020. The maximum absolute atomic E-state index is 13.6. The number of thiocarbonyl (C=S) groups is 1. The van der Waals surface area contributed by atoms with E-state index >= 15 is 0 Å². The molecular formula is C18H18FN3O2S2. The van der Waals surface area contributed by atoms with Crippen molar-refractivity contribution in [2.24, 2.45) is 5.10 Å². The number of hydrogen-bond acceptors (Lipinski definition) is 4. The summed E-state index contributed by atoms with van der Waals surface area (Å²) in [4.78, 5) is 0.0963. The fourth-order valence-corrected chi connectivity index (χ4v) is 4.44. The van der Waals surface area contributed by atoms with Crippen molar-refractivity contribution in [1.29, 1.82) is 0 Å². The van der Waals surface area contributed by atoms with E-state index in [0.29, 0.717) is 5.71 Å². The first-order chi connectivity index (χ1) is 12.3. The molecule has 0 saturated heterocycles. The molecule has 26 heavy (non-hydrogen) atoms. The van der Waals surface area contributed by atoms with Crippen LogP contribution in [0.1, 0.15) is 23.1 Å². The van der Waals surface area contributed by atoms with Gasteiger partial charge in [-0.25, -0.2) is 12.8 Å². The average Bonchev–Trinajstić information content (AvgIpc) is 2.56. The standard InChI is InChI=1S/C18H18FN3O2S2/c1-11-3-5-15(12(2)9-11)20-18(25)22-21-16-7-8-26(23,24)17-6-4-13(19)10-14(16)17/h3-6,9-10H,7-8H2,1-2H3,(H2,20,22,25)/b21-16-. The monoisotopic (exact) mass is 391 g/mol.